The van der Waals surface area contributed by atoms with Crippen molar-refractivity contribution < 1.29 is 9.59 Å². The summed E-state index contributed by atoms with van der Waals surface area (Å²) in [7, 11) is 0. The van der Waals surface area contributed by atoms with Gasteiger partial charge in [-0.2, -0.15) is 0 Å². The third-order valence-electron chi connectivity index (χ3n) is 6.00. The van der Waals surface area contributed by atoms with Crippen LogP contribution in [0.15, 0.2) is 0 Å². The maximum absolute atomic E-state index is 12.0. The molecule has 0 aromatic heterocycles. The minimum atomic E-state index is -0.606. The van der Waals surface area contributed by atoms with E-state index in [1.54, 1.807) is 0 Å². The van der Waals surface area contributed by atoms with E-state index in [0.717, 1.165) is 25.7 Å². The topological polar surface area (TPSA) is 58.2 Å². The molecule has 1 heterocycles. The predicted molar refractivity (Wildman–Crippen MR) is 83.9 cm³/mol. The van der Waals surface area contributed by atoms with Gasteiger partial charge in [-0.15, -0.1) is 0 Å². The van der Waals surface area contributed by atoms with E-state index in [2.05, 4.69) is 31.4 Å². The lowest BCUT2D eigenvalue weighted by Crippen LogP contribution is -2.50. The number of urea groups is 1. The largest absolute Gasteiger partial charge is 0.323 e. The summed E-state index contributed by atoms with van der Waals surface area (Å²) in [6.45, 7) is 6.95. The maximum Gasteiger partial charge on any atom is 0.322 e. The zero-order valence-electron chi connectivity index (χ0n) is 13.8. The summed E-state index contributed by atoms with van der Waals surface area (Å²) in [5.74, 6) is 0.561. The third kappa shape index (κ3) is 3.24. The van der Waals surface area contributed by atoms with Crippen LogP contribution in [0.4, 0.5) is 4.79 Å². The van der Waals surface area contributed by atoms with Crippen molar-refractivity contribution in [3.05, 3.63) is 0 Å². The molecule has 1 atom stereocenters. The first-order valence-corrected chi connectivity index (χ1v) is 8.59. The standard InChI is InChI=1S/C17H30N2O2/c1-4-6-7-10-16(3,5-2)13-8-11-17(12-9-13)14(20)18-15(21)19-17/h13H,4-12H2,1-3H3,(H2,18,19,20,21). The Balaban J connectivity index is 1.95. The average molecular weight is 294 g/mol. The highest BCUT2D eigenvalue weighted by Crippen LogP contribution is 2.47. The van der Waals surface area contributed by atoms with Gasteiger partial charge in [0.15, 0.2) is 0 Å². The summed E-state index contributed by atoms with van der Waals surface area (Å²) in [5.41, 5.74) is -0.221. The van der Waals surface area contributed by atoms with E-state index in [1.807, 2.05) is 0 Å². The molecule has 4 nitrogen and oxygen atoms in total. The summed E-state index contributed by atoms with van der Waals surface area (Å²) < 4.78 is 0. The van der Waals surface area contributed by atoms with Gasteiger partial charge in [0.1, 0.15) is 5.54 Å². The molecule has 1 aliphatic carbocycles. The molecule has 3 amide bonds. The first kappa shape index (κ1) is 16.3. The van der Waals surface area contributed by atoms with E-state index in [0.29, 0.717) is 11.3 Å². The Bertz CT molecular complexity index is 400. The molecule has 2 aliphatic rings. The Morgan fingerprint density at radius 3 is 2.33 bits per heavy atom. The highest BCUT2D eigenvalue weighted by molar-refractivity contribution is 6.07. The van der Waals surface area contributed by atoms with Crippen molar-refractivity contribution in [3.63, 3.8) is 0 Å². The average Bonchev–Trinajstić information content (AvgIpc) is 2.73. The van der Waals surface area contributed by atoms with Gasteiger partial charge in [-0.05, 0) is 43.4 Å². The summed E-state index contributed by atoms with van der Waals surface area (Å²) in [4.78, 5) is 23.4. The van der Waals surface area contributed by atoms with E-state index >= 15 is 0 Å². The molecule has 2 rings (SSSR count). The van der Waals surface area contributed by atoms with Crippen LogP contribution in [0.2, 0.25) is 0 Å². The van der Waals surface area contributed by atoms with Gasteiger partial charge in [0, 0.05) is 0 Å². The lowest BCUT2D eigenvalue weighted by Gasteiger charge is -2.44. The monoisotopic (exact) mass is 294 g/mol. The molecular formula is C17H30N2O2. The SMILES string of the molecule is CCCCCC(C)(CC)C1CCC2(CC1)NC(=O)NC2=O. The van der Waals surface area contributed by atoms with Crippen molar-refractivity contribution in [1.82, 2.24) is 10.6 Å². The fourth-order valence-electron chi connectivity index (χ4n) is 4.14. The molecule has 1 saturated heterocycles. The molecule has 120 valence electrons. The Morgan fingerprint density at radius 1 is 1.19 bits per heavy atom. The third-order valence-corrected chi connectivity index (χ3v) is 6.00. The fraction of sp³-hybridized carbons (Fsp3) is 0.882. The minimum absolute atomic E-state index is 0.116. The number of carbonyl (C=O) groups excluding carboxylic acids is 2. The van der Waals surface area contributed by atoms with Crippen molar-refractivity contribution in [2.75, 3.05) is 0 Å². The van der Waals surface area contributed by atoms with Crippen LogP contribution in [0.1, 0.15) is 78.6 Å². The predicted octanol–water partition coefficient (Wildman–Crippen LogP) is 3.75. The van der Waals surface area contributed by atoms with Crippen LogP contribution in [-0.4, -0.2) is 17.5 Å². The zero-order valence-corrected chi connectivity index (χ0v) is 13.8. The lowest BCUT2D eigenvalue weighted by molar-refractivity contribution is -0.125. The molecule has 21 heavy (non-hydrogen) atoms. The smallest absolute Gasteiger partial charge is 0.322 e. The van der Waals surface area contributed by atoms with Crippen LogP contribution >= 0.6 is 0 Å². The van der Waals surface area contributed by atoms with Gasteiger partial charge in [-0.25, -0.2) is 4.79 Å². The molecule has 4 heteroatoms. The minimum Gasteiger partial charge on any atom is -0.323 e. The number of amides is 3. The van der Waals surface area contributed by atoms with Crippen LogP contribution in [0.5, 0.6) is 0 Å². The first-order chi connectivity index (χ1) is 9.96. The molecule has 1 unspecified atom stereocenters. The molecule has 1 aliphatic heterocycles. The fourth-order valence-corrected chi connectivity index (χ4v) is 4.14. The van der Waals surface area contributed by atoms with Crippen LogP contribution < -0.4 is 10.6 Å². The normalized spacial score (nSPS) is 31.9. The summed E-state index contributed by atoms with van der Waals surface area (Å²) in [6.07, 6.45) is 10.0. The van der Waals surface area contributed by atoms with Gasteiger partial charge >= 0.3 is 6.03 Å². The van der Waals surface area contributed by atoms with Gasteiger partial charge in [-0.1, -0.05) is 46.5 Å². The second kappa shape index (κ2) is 6.37. The molecule has 1 saturated carbocycles. The quantitative estimate of drug-likeness (QED) is 0.579. The maximum atomic E-state index is 12.0. The molecule has 2 fully saturated rings. The second-order valence-electron chi connectivity index (χ2n) is 7.23. The number of rotatable bonds is 6. The number of hydrogen-bond acceptors (Lipinski definition) is 2. The Morgan fingerprint density at radius 2 is 1.86 bits per heavy atom. The number of imide groups is 1. The zero-order chi connectivity index (χ0) is 15.5. The van der Waals surface area contributed by atoms with E-state index < -0.39 is 5.54 Å². The van der Waals surface area contributed by atoms with Crippen LogP contribution in [-0.2, 0) is 4.79 Å². The van der Waals surface area contributed by atoms with Crippen LogP contribution in [0.25, 0.3) is 0 Å². The van der Waals surface area contributed by atoms with E-state index in [-0.39, 0.29) is 11.9 Å². The van der Waals surface area contributed by atoms with Crippen molar-refractivity contribution in [2.24, 2.45) is 11.3 Å². The Hall–Kier alpha value is -1.06. The summed E-state index contributed by atoms with van der Waals surface area (Å²) >= 11 is 0. The van der Waals surface area contributed by atoms with Gasteiger partial charge in [0.25, 0.3) is 5.91 Å². The van der Waals surface area contributed by atoms with Crippen LogP contribution in [0.3, 0.4) is 0 Å². The number of carbonyl (C=O) groups is 2. The van der Waals surface area contributed by atoms with E-state index in [9.17, 15) is 9.59 Å². The highest BCUT2D eigenvalue weighted by Gasteiger charge is 2.50. The molecule has 1 spiro atoms. The Labute approximate surface area is 128 Å². The van der Waals surface area contributed by atoms with Gasteiger partial charge in [0.2, 0.25) is 0 Å². The molecular weight excluding hydrogens is 264 g/mol. The van der Waals surface area contributed by atoms with Crippen molar-refractivity contribution in [2.45, 2.75) is 84.1 Å². The Kier molecular flexibility index (Phi) is 4.95. The van der Waals surface area contributed by atoms with Crippen molar-refractivity contribution in [1.29, 1.82) is 0 Å². The van der Waals surface area contributed by atoms with Gasteiger partial charge in [0.05, 0.1) is 0 Å². The highest BCUT2D eigenvalue weighted by atomic mass is 16.2. The second-order valence-corrected chi connectivity index (χ2v) is 7.23. The number of unbranched alkanes of at least 4 members (excludes halogenated alkanes) is 2. The number of hydrogen-bond donors (Lipinski definition) is 2. The molecule has 0 aromatic rings. The first-order valence-electron chi connectivity index (χ1n) is 8.59. The molecule has 2 N–H and O–H groups in total. The van der Waals surface area contributed by atoms with Crippen LogP contribution in [0, 0.1) is 11.3 Å². The van der Waals surface area contributed by atoms with Crippen molar-refractivity contribution in [3.8, 4) is 0 Å². The van der Waals surface area contributed by atoms with E-state index in [1.165, 1.54) is 32.1 Å². The summed E-state index contributed by atoms with van der Waals surface area (Å²) in [6, 6.07) is -0.320. The molecule has 0 radical (unpaired) electrons. The number of nitrogens with one attached hydrogen (secondary N) is 2. The molecule has 0 aromatic carbocycles. The molecule has 0 bridgehead atoms. The van der Waals surface area contributed by atoms with Gasteiger partial charge in [-0.3, -0.25) is 10.1 Å². The van der Waals surface area contributed by atoms with Gasteiger partial charge < -0.3 is 5.32 Å². The van der Waals surface area contributed by atoms with E-state index in [4.69, 9.17) is 0 Å². The summed E-state index contributed by atoms with van der Waals surface area (Å²) in [5, 5.41) is 5.26. The lowest BCUT2D eigenvalue weighted by atomic mass is 9.63. The van der Waals surface area contributed by atoms with Crippen molar-refractivity contribution >= 4 is 11.9 Å².